The second-order valence-electron chi connectivity index (χ2n) is 4.76. The second kappa shape index (κ2) is 6.54. The summed E-state index contributed by atoms with van der Waals surface area (Å²) in [6, 6.07) is 0.384. The summed E-state index contributed by atoms with van der Waals surface area (Å²) in [5, 5.41) is 7.51. The molecular weight excluding hydrogens is 230 g/mol. The fraction of sp³-hybridized carbons (Fsp3) is 0.692. The van der Waals surface area contributed by atoms with Gasteiger partial charge in [-0.1, -0.05) is 13.8 Å². The lowest BCUT2D eigenvalue weighted by atomic mass is 10.1. The SMILES string of the molecule is CCOC(=O)c1cnn(C)c1CNC(C)C(C)C. The van der Waals surface area contributed by atoms with Crippen LogP contribution in [0.5, 0.6) is 0 Å². The van der Waals surface area contributed by atoms with Crippen molar-refractivity contribution in [1.82, 2.24) is 15.1 Å². The highest BCUT2D eigenvalue weighted by molar-refractivity contribution is 5.90. The molecule has 18 heavy (non-hydrogen) atoms. The summed E-state index contributed by atoms with van der Waals surface area (Å²) >= 11 is 0. The minimum absolute atomic E-state index is 0.306. The van der Waals surface area contributed by atoms with Gasteiger partial charge in [0.05, 0.1) is 18.5 Å². The average Bonchev–Trinajstić information content (AvgIpc) is 2.67. The van der Waals surface area contributed by atoms with Crippen LogP contribution < -0.4 is 5.32 Å². The first-order valence-corrected chi connectivity index (χ1v) is 6.38. The molecule has 1 N–H and O–H groups in total. The third-order valence-corrected chi connectivity index (χ3v) is 3.15. The number of carbonyl (C=O) groups is 1. The maximum atomic E-state index is 11.8. The summed E-state index contributed by atoms with van der Waals surface area (Å²) in [6.45, 7) is 9.24. The lowest BCUT2D eigenvalue weighted by Gasteiger charge is -2.17. The molecule has 0 saturated heterocycles. The molecule has 0 radical (unpaired) electrons. The van der Waals surface area contributed by atoms with E-state index < -0.39 is 0 Å². The fourth-order valence-corrected chi connectivity index (χ4v) is 1.55. The largest absolute Gasteiger partial charge is 0.462 e. The highest BCUT2D eigenvalue weighted by atomic mass is 16.5. The Morgan fingerprint density at radius 2 is 2.17 bits per heavy atom. The summed E-state index contributed by atoms with van der Waals surface area (Å²) in [4.78, 5) is 11.8. The third kappa shape index (κ3) is 3.57. The molecule has 1 atom stereocenters. The Labute approximate surface area is 109 Å². The summed E-state index contributed by atoms with van der Waals surface area (Å²) in [5.74, 6) is 0.240. The molecule has 0 aliphatic heterocycles. The summed E-state index contributed by atoms with van der Waals surface area (Å²) in [6.07, 6.45) is 1.56. The molecule has 1 unspecified atom stereocenters. The van der Waals surface area contributed by atoms with Crippen molar-refractivity contribution in [1.29, 1.82) is 0 Å². The zero-order valence-corrected chi connectivity index (χ0v) is 11.9. The monoisotopic (exact) mass is 253 g/mol. The summed E-state index contributed by atoms with van der Waals surface area (Å²) < 4.78 is 6.73. The van der Waals surface area contributed by atoms with Crippen molar-refractivity contribution in [3.63, 3.8) is 0 Å². The molecule has 0 bridgehead atoms. The Morgan fingerprint density at radius 1 is 1.50 bits per heavy atom. The predicted molar refractivity (Wildman–Crippen MR) is 70.3 cm³/mol. The second-order valence-corrected chi connectivity index (χ2v) is 4.76. The van der Waals surface area contributed by atoms with Gasteiger partial charge in [-0.2, -0.15) is 5.10 Å². The number of nitrogens with one attached hydrogen (secondary N) is 1. The van der Waals surface area contributed by atoms with Crippen LogP contribution in [0, 0.1) is 5.92 Å². The van der Waals surface area contributed by atoms with Gasteiger partial charge < -0.3 is 10.1 Å². The molecule has 0 aliphatic rings. The van der Waals surface area contributed by atoms with Crippen molar-refractivity contribution in [2.24, 2.45) is 13.0 Å². The van der Waals surface area contributed by atoms with Gasteiger partial charge in [-0.25, -0.2) is 4.79 Å². The van der Waals surface area contributed by atoms with Crippen molar-refractivity contribution < 1.29 is 9.53 Å². The van der Waals surface area contributed by atoms with E-state index in [1.165, 1.54) is 0 Å². The molecule has 0 fully saturated rings. The number of aryl methyl sites for hydroxylation is 1. The van der Waals surface area contributed by atoms with Crippen LogP contribution in [0.15, 0.2) is 6.20 Å². The predicted octanol–water partition coefficient (Wildman–Crippen LogP) is 1.73. The Kier molecular flexibility index (Phi) is 5.34. The Morgan fingerprint density at radius 3 is 2.72 bits per heavy atom. The van der Waals surface area contributed by atoms with Crippen LogP contribution in [0.25, 0.3) is 0 Å². The molecule has 0 saturated carbocycles. The lowest BCUT2D eigenvalue weighted by molar-refractivity contribution is 0.0524. The van der Waals surface area contributed by atoms with E-state index in [0.717, 1.165) is 5.69 Å². The van der Waals surface area contributed by atoms with Crippen molar-refractivity contribution in [3.8, 4) is 0 Å². The fourth-order valence-electron chi connectivity index (χ4n) is 1.55. The maximum absolute atomic E-state index is 11.8. The van der Waals surface area contributed by atoms with Crippen molar-refractivity contribution in [2.75, 3.05) is 6.61 Å². The zero-order chi connectivity index (χ0) is 13.7. The first-order chi connectivity index (χ1) is 8.47. The van der Waals surface area contributed by atoms with Crippen molar-refractivity contribution >= 4 is 5.97 Å². The number of aromatic nitrogens is 2. The summed E-state index contributed by atoms with van der Waals surface area (Å²) in [5.41, 5.74) is 1.41. The Hall–Kier alpha value is -1.36. The van der Waals surface area contributed by atoms with Gasteiger partial charge in [0.2, 0.25) is 0 Å². The molecule has 1 aromatic rings. The molecule has 5 heteroatoms. The van der Waals surface area contributed by atoms with Gasteiger partial charge in [0.1, 0.15) is 5.56 Å². The lowest BCUT2D eigenvalue weighted by Crippen LogP contribution is -2.31. The Balaban J connectivity index is 2.75. The van der Waals surface area contributed by atoms with Crippen LogP contribution >= 0.6 is 0 Å². The standard InChI is InChI=1S/C13H23N3O2/c1-6-18-13(17)11-7-15-16(5)12(11)8-14-10(4)9(2)3/h7,9-10,14H,6,8H2,1-5H3. The van der Waals surface area contributed by atoms with E-state index in [-0.39, 0.29) is 5.97 Å². The van der Waals surface area contributed by atoms with Gasteiger partial charge in [-0.3, -0.25) is 4.68 Å². The van der Waals surface area contributed by atoms with Gasteiger partial charge in [-0.05, 0) is 19.8 Å². The van der Waals surface area contributed by atoms with Gasteiger partial charge in [-0.15, -0.1) is 0 Å². The highest BCUT2D eigenvalue weighted by Crippen LogP contribution is 2.10. The van der Waals surface area contributed by atoms with Crippen molar-refractivity contribution in [2.45, 2.75) is 40.3 Å². The van der Waals surface area contributed by atoms with Crippen LogP contribution in [-0.2, 0) is 18.3 Å². The third-order valence-electron chi connectivity index (χ3n) is 3.15. The first-order valence-electron chi connectivity index (χ1n) is 6.38. The van der Waals surface area contributed by atoms with Crippen LogP contribution in [0.4, 0.5) is 0 Å². The number of nitrogens with zero attached hydrogens (tertiary/aromatic N) is 2. The molecule has 0 aliphatic carbocycles. The molecular formula is C13H23N3O2. The van der Waals surface area contributed by atoms with Gasteiger partial charge in [0, 0.05) is 19.6 Å². The van der Waals surface area contributed by atoms with Gasteiger partial charge in [0.25, 0.3) is 0 Å². The van der Waals surface area contributed by atoms with Crippen LogP contribution in [0.3, 0.4) is 0 Å². The number of ether oxygens (including phenoxy) is 1. The number of carbonyl (C=O) groups excluding carboxylic acids is 1. The minimum Gasteiger partial charge on any atom is -0.462 e. The highest BCUT2D eigenvalue weighted by Gasteiger charge is 2.17. The van der Waals surface area contributed by atoms with E-state index in [1.807, 2.05) is 7.05 Å². The van der Waals surface area contributed by atoms with E-state index in [1.54, 1.807) is 17.8 Å². The quantitative estimate of drug-likeness (QED) is 0.784. The topological polar surface area (TPSA) is 56.1 Å². The molecule has 1 rings (SSSR count). The zero-order valence-electron chi connectivity index (χ0n) is 11.9. The minimum atomic E-state index is -0.306. The molecule has 5 nitrogen and oxygen atoms in total. The van der Waals surface area contributed by atoms with E-state index in [0.29, 0.717) is 30.7 Å². The maximum Gasteiger partial charge on any atom is 0.341 e. The van der Waals surface area contributed by atoms with Crippen LogP contribution in [0.1, 0.15) is 43.7 Å². The first kappa shape index (κ1) is 14.7. The molecule has 1 aromatic heterocycles. The van der Waals surface area contributed by atoms with E-state index in [9.17, 15) is 4.79 Å². The number of rotatable bonds is 6. The molecule has 0 aromatic carbocycles. The smallest absolute Gasteiger partial charge is 0.341 e. The van der Waals surface area contributed by atoms with Crippen LogP contribution in [0.2, 0.25) is 0 Å². The van der Waals surface area contributed by atoms with Gasteiger partial charge in [0.15, 0.2) is 0 Å². The number of hydrogen-bond acceptors (Lipinski definition) is 4. The Bertz CT molecular complexity index is 399. The molecule has 102 valence electrons. The molecule has 1 heterocycles. The van der Waals surface area contributed by atoms with Crippen LogP contribution in [-0.4, -0.2) is 28.4 Å². The average molecular weight is 253 g/mol. The summed E-state index contributed by atoms with van der Waals surface area (Å²) in [7, 11) is 1.83. The molecule has 0 spiro atoms. The van der Waals surface area contributed by atoms with Gasteiger partial charge >= 0.3 is 5.97 Å². The van der Waals surface area contributed by atoms with E-state index in [4.69, 9.17) is 4.74 Å². The van der Waals surface area contributed by atoms with E-state index in [2.05, 4.69) is 31.2 Å². The van der Waals surface area contributed by atoms with Crippen molar-refractivity contribution in [3.05, 3.63) is 17.5 Å². The van der Waals surface area contributed by atoms with E-state index >= 15 is 0 Å². The normalized spacial score (nSPS) is 12.8. The number of esters is 1. The number of hydrogen-bond donors (Lipinski definition) is 1. The molecule has 0 amide bonds.